The number of hydrogen-bond donors (Lipinski definition) is 2. The highest BCUT2D eigenvalue weighted by molar-refractivity contribution is 9.10. The van der Waals surface area contributed by atoms with Gasteiger partial charge in [0.15, 0.2) is 18.1 Å². The molecule has 1 fully saturated rings. The summed E-state index contributed by atoms with van der Waals surface area (Å²) in [6.07, 6.45) is 0. The number of H-pyrrole nitrogens is 1. The van der Waals surface area contributed by atoms with Gasteiger partial charge in [-0.3, -0.25) is 19.2 Å². The number of carbonyl (C=O) groups excluding carboxylic acids is 4. The van der Waals surface area contributed by atoms with E-state index in [2.05, 4.69) is 26.2 Å². The lowest BCUT2D eigenvalue weighted by Gasteiger charge is -2.30. The summed E-state index contributed by atoms with van der Waals surface area (Å²) in [5.74, 6) is -2.37. The normalized spacial score (nSPS) is 18.5. The van der Waals surface area contributed by atoms with E-state index in [4.69, 9.17) is 14.2 Å². The summed E-state index contributed by atoms with van der Waals surface area (Å²) in [6.45, 7) is 1.65. The van der Waals surface area contributed by atoms with Gasteiger partial charge in [0, 0.05) is 21.0 Å². The Morgan fingerprint density at radius 1 is 0.978 bits per heavy atom. The number of imide groups is 1. The minimum atomic E-state index is -0.766. The van der Waals surface area contributed by atoms with Crippen molar-refractivity contribution in [3.63, 3.8) is 0 Å². The van der Waals surface area contributed by atoms with Crippen LogP contribution >= 0.6 is 39.0 Å². The Morgan fingerprint density at radius 2 is 1.72 bits per heavy atom. The fourth-order valence-electron chi connectivity index (χ4n) is 5.46. The van der Waals surface area contributed by atoms with Crippen LogP contribution in [-0.2, 0) is 19.1 Å². The molecule has 3 atom stereocenters. The van der Waals surface area contributed by atoms with E-state index >= 15 is 0 Å². The van der Waals surface area contributed by atoms with Crippen molar-refractivity contribution >= 4 is 74.1 Å². The van der Waals surface area contributed by atoms with Crippen LogP contribution in [0.5, 0.6) is 11.5 Å². The quantitative estimate of drug-likeness (QED) is 0.176. The first kappa shape index (κ1) is 31.6. The molecule has 0 saturated carbocycles. The van der Waals surface area contributed by atoms with Gasteiger partial charge in [-0.1, -0.05) is 45.1 Å². The topological polar surface area (TPSA) is 144 Å². The summed E-state index contributed by atoms with van der Waals surface area (Å²) in [6, 6.07) is 18.3. The summed E-state index contributed by atoms with van der Waals surface area (Å²) in [4.78, 5) is 68.9. The Hall–Kier alpha value is -4.40. The SMILES string of the molecule is CCOC(=O)c1ccc(NC(=O)COc2ccc([C@@H]3c4sc(=O)[nH]c4S[C@H]4C(=O)N(c5ccc(Br)cc5)C(=O)[C@@H]34)cc2OC)cc1. The van der Waals surface area contributed by atoms with Crippen LogP contribution < -0.4 is 24.6 Å². The predicted octanol–water partition coefficient (Wildman–Crippen LogP) is 5.20. The molecule has 1 saturated heterocycles. The monoisotopic (exact) mass is 723 g/mol. The van der Waals surface area contributed by atoms with E-state index < -0.39 is 29.0 Å². The smallest absolute Gasteiger partial charge is 0.338 e. The van der Waals surface area contributed by atoms with Crippen molar-refractivity contribution in [1.29, 1.82) is 0 Å². The van der Waals surface area contributed by atoms with E-state index in [9.17, 15) is 24.0 Å². The van der Waals surface area contributed by atoms with Crippen LogP contribution in [0.2, 0.25) is 0 Å². The number of fused-ring (bicyclic) bond motifs is 2. The van der Waals surface area contributed by atoms with E-state index in [1.165, 1.54) is 23.8 Å². The standard InChI is InChI=1S/C32H26BrN3O8S2/c1-3-43-31(40)16-4-9-19(10-5-16)34-23(37)15-44-21-13-6-17(14-22(21)42-2)24-25-27(45-28-26(24)46-32(41)35-28)30(39)36(29(25)38)20-11-7-18(33)8-12-20/h4-14,24-25,27H,3,15H2,1-2H3,(H,34,37)(H,35,41)/t24-,25-,27+/m0/s1. The van der Waals surface area contributed by atoms with E-state index in [1.807, 2.05) is 0 Å². The minimum Gasteiger partial charge on any atom is -0.493 e. The largest absolute Gasteiger partial charge is 0.493 e. The van der Waals surface area contributed by atoms with Crippen LogP contribution in [0.1, 0.15) is 33.6 Å². The number of anilines is 2. The van der Waals surface area contributed by atoms with Crippen LogP contribution in [0.4, 0.5) is 11.4 Å². The number of methoxy groups -OCH3 is 1. The molecule has 3 aromatic carbocycles. The number of thioether (sulfide) groups is 1. The first-order chi connectivity index (χ1) is 22.2. The van der Waals surface area contributed by atoms with Crippen molar-refractivity contribution in [2.75, 3.05) is 30.5 Å². The number of hydrogen-bond acceptors (Lipinski definition) is 10. The Labute approximate surface area is 279 Å². The Bertz CT molecular complexity index is 1890. The van der Waals surface area contributed by atoms with Crippen molar-refractivity contribution in [2.24, 2.45) is 5.92 Å². The van der Waals surface area contributed by atoms with E-state index in [0.29, 0.717) is 38.2 Å². The molecule has 2 N–H and O–H groups in total. The first-order valence-electron chi connectivity index (χ1n) is 14.1. The van der Waals surface area contributed by atoms with Crippen LogP contribution in [0.25, 0.3) is 0 Å². The molecular weight excluding hydrogens is 698 g/mol. The number of carbonyl (C=O) groups is 4. The number of aromatic amines is 1. The van der Waals surface area contributed by atoms with Gasteiger partial charge in [0.25, 0.3) is 5.91 Å². The minimum absolute atomic E-state index is 0.262. The molecule has 46 heavy (non-hydrogen) atoms. The summed E-state index contributed by atoms with van der Waals surface area (Å²) < 4.78 is 17.2. The van der Waals surface area contributed by atoms with Crippen LogP contribution in [0, 0.1) is 5.92 Å². The highest BCUT2D eigenvalue weighted by Crippen LogP contribution is 2.53. The third kappa shape index (κ3) is 6.07. The number of aromatic nitrogens is 1. The second-order valence-corrected chi connectivity index (χ2v) is 13.4. The number of rotatable bonds is 9. The Morgan fingerprint density at radius 3 is 2.41 bits per heavy atom. The lowest BCUT2D eigenvalue weighted by Crippen LogP contribution is -2.32. The third-order valence-electron chi connectivity index (χ3n) is 7.49. The van der Waals surface area contributed by atoms with Gasteiger partial charge in [0.1, 0.15) is 5.25 Å². The summed E-state index contributed by atoms with van der Waals surface area (Å²) >= 11 is 5.60. The van der Waals surface area contributed by atoms with Crippen molar-refractivity contribution in [1.82, 2.24) is 4.98 Å². The second-order valence-electron chi connectivity index (χ2n) is 10.3. The van der Waals surface area contributed by atoms with Gasteiger partial charge in [-0.05, 0) is 73.2 Å². The molecule has 1 aromatic heterocycles. The fraction of sp³-hybridized carbons (Fsp3) is 0.219. The second kappa shape index (κ2) is 13.1. The molecule has 0 spiro atoms. The maximum atomic E-state index is 13.9. The number of nitrogens with one attached hydrogen (secondary N) is 2. The molecule has 2 aliphatic rings. The molecule has 6 rings (SSSR count). The number of thiazole rings is 1. The highest BCUT2D eigenvalue weighted by atomic mass is 79.9. The third-order valence-corrected chi connectivity index (χ3v) is 10.4. The van der Waals surface area contributed by atoms with Gasteiger partial charge in [-0.15, -0.1) is 0 Å². The van der Waals surface area contributed by atoms with Gasteiger partial charge < -0.3 is 24.5 Å². The maximum absolute atomic E-state index is 13.9. The number of esters is 1. The molecule has 0 aliphatic carbocycles. The lowest BCUT2D eigenvalue weighted by atomic mass is 9.83. The molecule has 2 aliphatic heterocycles. The van der Waals surface area contributed by atoms with Crippen molar-refractivity contribution in [3.05, 3.63) is 96.9 Å². The number of ether oxygens (including phenoxy) is 3. The predicted molar refractivity (Wildman–Crippen MR) is 176 cm³/mol. The Kier molecular flexibility index (Phi) is 9.02. The van der Waals surface area contributed by atoms with Crippen molar-refractivity contribution in [3.8, 4) is 11.5 Å². The molecule has 0 radical (unpaired) electrons. The molecule has 0 unspecified atom stereocenters. The van der Waals surface area contributed by atoms with Gasteiger partial charge in [-0.2, -0.15) is 0 Å². The molecule has 3 amide bonds. The maximum Gasteiger partial charge on any atom is 0.338 e. The van der Waals surface area contributed by atoms with Gasteiger partial charge in [0.2, 0.25) is 11.8 Å². The molecular formula is C32H26BrN3O8S2. The average Bonchev–Trinajstić information content (AvgIpc) is 3.54. The summed E-state index contributed by atoms with van der Waals surface area (Å²) in [5, 5.41) is 2.53. The zero-order chi connectivity index (χ0) is 32.5. The number of benzene rings is 3. The van der Waals surface area contributed by atoms with Crippen LogP contribution in [-0.4, -0.2) is 54.2 Å². The van der Waals surface area contributed by atoms with Crippen molar-refractivity contribution in [2.45, 2.75) is 23.1 Å². The van der Waals surface area contributed by atoms with Gasteiger partial charge in [-0.25, -0.2) is 9.69 Å². The zero-order valence-corrected chi connectivity index (χ0v) is 27.6. The number of nitrogens with zero attached hydrogens (tertiary/aromatic N) is 1. The lowest BCUT2D eigenvalue weighted by molar-refractivity contribution is -0.122. The van der Waals surface area contributed by atoms with E-state index in [-0.39, 0.29) is 35.7 Å². The average molecular weight is 725 g/mol. The summed E-state index contributed by atoms with van der Waals surface area (Å²) in [5.41, 5.74) is 1.97. The molecule has 3 heterocycles. The highest BCUT2D eigenvalue weighted by Gasteiger charge is 2.56. The van der Waals surface area contributed by atoms with Gasteiger partial charge >= 0.3 is 10.8 Å². The fourth-order valence-corrected chi connectivity index (χ4v) is 8.24. The molecule has 0 bridgehead atoms. The first-order valence-corrected chi connectivity index (χ1v) is 16.6. The molecule has 11 nitrogen and oxygen atoms in total. The summed E-state index contributed by atoms with van der Waals surface area (Å²) in [7, 11) is 1.45. The number of amides is 3. The van der Waals surface area contributed by atoms with E-state index in [0.717, 1.165) is 15.8 Å². The molecule has 4 aromatic rings. The van der Waals surface area contributed by atoms with Crippen LogP contribution in [0.15, 0.2) is 81.0 Å². The zero-order valence-electron chi connectivity index (χ0n) is 24.4. The van der Waals surface area contributed by atoms with Crippen LogP contribution in [0.3, 0.4) is 0 Å². The van der Waals surface area contributed by atoms with E-state index in [1.54, 1.807) is 73.7 Å². The number of halogens is 1. The molecule has 14 heteroatoms. The Balaban J connectivity index is 1.22. The molecule has 236 valence electrons. The van der Waals surface area contributed by atoms with Crippen molar-refractivity contribution < 1.29 is 33.4 Å². The van der Waals surface area contributed by atoms with Gasteiger partial charge in [0.05, 0.1) is 35.9 Å².